The molecule has 0 saturated carbocycles. The van der Waals surface area contributed by atoms with Crippen molar-refractivity contribution in [2.75, 3.05) is 12.4 Å². The van der Waals surface area contributed by atoms with Gasteiger partial charge in [0.25, 0.3) is 0 Å². The Morgan fingerprint density at radius 2 is 2.05 bits per heavy atom. The van der Waals surface area contributed by atoms with E-state index in [0.717, 1.165) is 16.2 Å². The standard InChI is InChI=1S/C17H20OS2/c1-4-15(11-10-14(2)3)20-17(12-18)13-19-16-8-6-5-7-9-16/h4-9,17-18H,2,12-13H2,1,3H3/b15-4+. The first-order chi connectivity index (χ1) is 9.65. The zero-order valence-corrected chi connectivity index (χ0v) is 13.6. The van der Waals surface area contributed by atoms with Crippen LogP contribution in [0.5, 0.6) is 0 Å². The van der Waals surface area contributed by atoms with E-state index in [1.807, 2.05) is 38.1 Å². The maximum Gasteiger partial charge on any atom is 0.0561 e. The lowest BCUT2D eigenvalue weighted by Crippen LogP contribution is -2.11. The molecule has 0 bridgehead atoms. The molecule has 0 aromatic heterocycles. The summed E-state index contributed by atoms with van der Waals surface area (Å²) in [7, 11) is 0. The van der Waals surface area contributed by atoms with Crippen LogP contribution in [0.25, 0.3) is 0 Å². The third-order valence-electron chi connectivity index (χ3n) is 2.34. The normalized spacial score (nSPS) is 12.4. The Kier molecular flexibility index (Phi) is 8.29. The summed E-state index contributed by atoms with van der Waals surface area (Å²) in [4.78, 5) is 2.21. The minimum Gasteiger partial charge on any atom is -0.395 e. The number of aliphatic hydroxyl groups excluding tert-OH is 1. The molecule has 0 fully saturated rings. The maximum atomic E-state index is 9.50. The summed E-state index contributed by atoms with van der Waals surface area (Å²) in [6.07, 6.45) is 1.98. The summed E-state index contributed by atoms with van der Waals surface area (Å²) >= 11 is 3.38. The first-order valence-electron chi connectivity index (χ1n) is 6.45. The van der Waals surface area contributed by atoms with Crippen LogP contribution in [0.2, 0.25) is 0 Å². The molecule has 1 aromatic carbocycles. The van der Waals surface area contributed by atoms with Gasteiger partial charge >= 0.3 is 0 Å². The van der Waals surface area contributed by atoms with E-state index in [1.54, 1.807) is 23.5 Å². The van der Waals surface area contributed by atoms with Crippen molar-refractivity contribution in [3.63, 3.8) is 0 Å². The number of hydrogen-bond donors (Lipinski definition) is 1. The van der Waals surface area contributed by atoms with E-state index >= 15 is 0 Å². The molecule has 1 nitrogen and oxygen atoms in total. The lowest BCUT2D eigenvalue weighted by molar-refractivity contribution is 0.301. The highest BCUT2D eigenvalue weighted by Gasteiger charge is 2.10. The first-order valence-corrected chi connectivity index (χ1v) is 8.31. The highest BCUT2D eigenvalue weighted by Crippen LogP contribution is 2.27. The van der Waals surface area contributed by atoms with Crippen molar-refractivity contribution in [3.8, 4) is 11.8 Å². The van der Waals surface area contributed by atoms with Crippen molar-refractivity contribution in [2.24, 2.45) is 0 Å². The van der Waals surface area contributed by atoms with E-state index in [2.05, 4.69) is 30.6 Å². The van der Waals surface area contributed by atoms with E-state index < -0.39 is 0 Å². The van der Waals surface area contributed by atoms with Crippen molar-refractivity contribution in [1.29, 1.82) is 0 Å². The van der Waals surface area contributed by atoms with E-state index in [4.69, 9.17) is 0 Å². The van der Waals surface area contributed by atoms with Gasteiger partial charge in [-0.3, -0.25) is 0 Å². The summed E-state index contributed by atoms with van der Waals surface area (Å²) < 4.78 is 0. The largest absolute Gasteiger partial charge is 0.395 e. The van der Waals surface area contributed by atoms with Crippen LogP contribution in [0.15, 0.2) is 58.4 Å². The van der Waals surface area contributed by atoms with Gasteiger partial charge in [-0.2, -0.15) is 0 Å². The van der Waals surface area contributed by atoms with Crippen molar-refractivity contribution in [1.82, 2.24) is 0 Å². The van der Waals surface area contributed by atoms with Gasteiger partial charge < -0.3 is 5.11 Å². The molecule has 0 aliphatic carbocycles. The summed E-state index contributed by atoms with van der Waals surface area (Å²) in [5, 5.41) is 9.64. The number of benzene rings is 1. The number of rotatable bonds is 6. The van der Waals surface area contributed by atoms with E-state index in [1.165, 1.54) is 4.90 Å². The third kappa shape index (κ3) is 6.91. The molecule has 0 heterocycles. The molecule has 0 aliphatic heterocycles. The first kappa shape index (κ1) is 17.0. The zero-order chi connectivity index (χ0) is 14.8. The predicted molar refractivity (Wildman–Crippen MR) is 92.0 cm³/mol. The molecule has 1 N–H and O–H groups in total. The predicted octanol–water partition coefficient (Wildman–Crippen LogP) is 4.36. The molecule has 0 amide bonds. The molecule has 1 unspecified atom stereocenters. The Hall–Kier alpha value is -1.08. The van der Waals surface area contributed by atoms with Gasteiger partial charge in [-0.25, -0.2) is 0 Å². The molecular weight excluding hydrogens is 284 g/mol. The van der Waals surface area contributed by atoms with Crippen molar-refractivity contribution >= 4 is 23.5 Å². The van der Waals surface area contributed by atoms with E-state index in [-0.39, 0.29) is 11.9 Å². The molecule has 1 atom stereocenters. The second-order valence-electron chi connectivity index (χ2n) is 4.23. The second kappa shape index (κ2) is 9.77. The van der Waals surface area contributed by atoms with Crippen LogP contribution < -0.4 is 0 Å². The van der Waals surface area contributed by atoms with Crippen LogP contribution in [0, 0.1) is 11.8 Å². The van der Waals surface area contributed by atoms with Gasteiger partial charge in [0.2, 0.25) is 0 Å². The van der Waals surface area contributed by atoms with Gasteiger partial charge in [-0.15, -0.1) is 23.5 Å². The fourth-order valence-corrected chi connectivity index (χ4v) is 3.34. The average Bonchev–Trinajstić information content (AvgIpc) is 2.47. The van der Waals surface area contributed by atoms with E-state index in [9.17, 15) is 5.11 Å². The monoisotopic (exact) mass is 304 g/mol. The summed E-state index contributed by atoms with van der Waals surface area (Å²) in [6.45, 7) is 7.78. The van der Waals surface area contributed by atoms with Crippen molar-refractivity contribution in [2.45, 2.75) is 24.0 Å². The van der Waals surface area contributed by atoms with Gasteiger partial charge in [0.05, 0.1) is 11.5 Å². The van der Waals surface area contributed by atoms with Crippen LogP contribution in [0.3, 0.4) is 0 Å². The molecule has 1 rings (SSSR count). The molecule has 106 valence electrons. The highest BCUT2D eigenvalue weighted by molar-refractivity contribution is 8.06. The highest BCUT2D eigenvalue weighted by atomic mass is 32.2. The lowest BCUT2D eigenvalue weighted by atomic mass is 10.3. The Morgan fingerprint density at radius 1 is 1.35 bits per heavy atom. The third-order valence-corrected chi connectivity index (χ3v) is 4.96. The molecular formula is C17H20OS2. The number of allylic oxidation sites excluding steroid dienone is 3. The maximum absolute atomic E-state index is 9.50. The fraction of sp³-hybridized carbons (Fsp3) is 0.294. The van der Waals surface area contributed by atoms with Gasteiger partial charge in [-0.05, 0) is 31.6 Å². The van der Waals surface area contributed by atoms with Gasteiger partial charge in [0.1, 0.15) is 0 Å². The van der Waals surface area contributed by atoms with Crippen LogP contribution >= 0.6 is 23.5 Å². The molecule has 1 aromatic rings. The number of hydrogen-bond acceptors (Lipinski definition) is 3. The fourth-order valence-electron chi connectivity index (χ4n) is 1.35. The Bertz CT molecular complexity index is 509. The van der Waals surface area contributed by atoms with Gasteiger partial charge in [-0.1, -0.05) is 42.7 Å². The number of aliphatic hydroxyl groups is 1. The Balaban J connectivity index is 2.54. The Labute approximate surface area is 130 Å². The summed E-state index contributed by atoms with van der Waals surface area (Å²) in [6, 6.07) is 10.2. The smallest absolute Gasteiger partial charge is 0.0561 e. The second-order valence-corrected chi connectivity index (χ2v) is 6.67. The molecule has 0 aliphatic rings. The molecule has 0 spiro atoms. The molecule has 20 heavy (non-hydrogen) atoms. The van der Waals surface area contributed by atoms with Crippen LogP contribution in [-0.4, -0.2) is 22.7 Å². The minimum absolute atomic E-state index is 0.144. The van der Waals surface area contributed by atoms with Gasteiger partial charge in [0, 0.05) is 15.9 Å². The number of thioether (sulfide) groups is 2. The van der Waals surface area contributed by atoms with Crippen LogP contribution in [0.1, 0.15) is 13.8 Å². The molecule has 0 radical (unpaired) electrons. The van der Waals surface area contributed by atoms with Crippen molar-refractivity contribution < 1.29 is 5.11 Å². The minimum atomic E-state index is 0.144. The topological polar surface area (TPSA) is 20.2 Å². The van der Waals surface area contributed by atoms with Crippen LogP contribution in [0.4, 0.5) is 0 Å². The lowest BCUT2D eigenvalue weighted by Gasteiger charge is -2.13. The molecule has 3 heteroatoms. The quantitative estimate of drug-likeness (QED) is 0.623. The van der Waals surface area contributed by atoms with E-state index in [0.29, 0.717) is 0 Å². The van der Waals surface area contributed by atoms with Crippen molar-refractivity contribution in [3.05, 3.63) is 53.5 Å². The molecule has 0 saturated heterocycles. The van der Waals surface area contributed by atoms with Gasteiger partial charge in [0.15, 0.2) is 0 Å². The average molecular weight is 304 g/mol. The summed E-state index contributed by atoms with van der Waals surface area (Å²) in [5.74, 6) is 6.92. The zero-order valence-electron chi connectivity index (χ0n) is 11.9. The SMILES string of the molecule is C=C(C)C#C/C(=C\C)SC(CO)CSc1ccccc1. The van der Waals surface area contributed by atoms with Crippen LogP contribution in [-0.2, 0) is 0 Å². The Morgan fingerprint density at radius 3 is 2.60 bits per heavy atom. The summed E-state index contributed by atoms with van der Waals surface area (Å²) in [5.41, 5.74) is 0.851.